The Kier molecular flexibility index (Phi) is 5.68. The molecule has 1 aliphatic heterocycles. The summed E-state index contributed by atoms with van der Waals surface area (Å²) in [6, 6.07) is 8.42. The van der Waals surface area contributed by atoms with Gasteiger partial charge in [-0.1, -0.05) is 18.3 Å². The summed E-state index contributed by atoms with van der Waals surface area (Å²) in [7, 11) is 0. The number of pyridine rings is 1. The van der Waals surface area contributed by atoms with E-state index in [4.69, 9.17) is 17.0 Å². The second-order valence-corrected chi connectivity index (χ2v) is 6.95. The van der Waals surface area contributed by atoms with Crippen LogP contribution in [-0.2, 0) is 11.3 Å². The lowest BCUT2D eigenvalue weighted by molar-refractivity contribution is -0.00539. The van der Waals surface area contributed by atoms with Gasteiger partial charge in [-0.3, -0.25) is 4.79 Å². The number of rotatable bonds is 4. The van der Waals surface area contributed by atoms with Crippen molar-refractivity contribution in [3.8, 4) is 0 Å². The molecule has 1 saturated heterocycles. The zero-order valence-corrected chi connectivity index (χ0v) is 15.6. The van der Waals surface area contributed by atoms with Crippen LogP contribution in [0.5, 0.6) is 0 Å². The lowest BCUT2D eigenvalue weighted by Crippen LogP contribution is -2.45. The molecule has 5 nitrogen and oxygen atoms in total. The minimum atomic E-state index is -0.296. The molecule has 1 aromatic carbocycles. The number of ether oxygens (including phenoxy) is 1. The summed E-state index contributed by atoms with van der Waals surface area (Å²) in [5.41, 5.74) is 1.66. The van der Waals surface area contributed by atoms with E-state index in [1.54, 1.807) is 24.4 Å². The van der Waals surface area contributed by atoms with Crippen LogP contribution in [-0.4, -0.2) is 36.2 Å². The smallest absolute Gasteiger partial charge is 0.254 e. The Morgan fingerprint density at radius 3 is 2.73 bits per heavy atom. The van der Waals surface area contributed by atoms with Crippen LogP contribution >= 0.6 is 12.2 Å². The molecule has 7 heteroatoms. The molecular formula is C19H22FN3O2S. The highest BCUT2D eigenvalue weighted by Crippen LogP contribution is 2.24. The van der Waals surface area contributed by atoms with E-state index in [0.717, 1.165) is 0 Å². The fourth-order valence-electron chi connectivity index (χ4n) is 3.17. The van der Waals surface area contributed by atoms with E-state index < -0.39 is 0 Å². The van der Waals surface area contributed by atoms with Gasteiger partial charge in [-0.25, -0.2) is 4.39 Å². The maximum absolute atomic E-state index is 14.6. The number of morpholine rings is 1. The monoisotopic (exact) mass is 375 g/mol. The molecular weight excluding hydrogens is 353 g/mol. The summed E-state index contributed by atoms with van der Waals surface area (Å²) in [5, 5.41) is 2.77. The third-order valence-electron chi connectivity index (χ3n) is 4.29. The number of aromatic amines is 1. The molecule has 2 N–H and O–H groups in total. The van der Waals surface area contributed by atoms with Gasteiger partial charge in [0.25, 0.3) is 5.91 Å². The van der Waals surface area contributed by atoms with E-state index in [0.29, 0.717) is 34.5 Å². The zero-order valence-electron chi connectivity index (χ0n) is 14.8. The molecule has 138 valence electrons. The Morgan fingerprint density at radius 2 is 2.08 bits per heavy atom. The van der Waals surface area contributed by atoms with Gasteiger partial charge >= 0.3 is 0 Å². The molecule has 26 heavy (non-hydrogen) atoms. The summed E-state index contributed by atoms with van der Waals surface area (Å²) in [6.45, 7) is 5.51. The summed E-state index contributed by atoms with van der Waals surface area (Å²) in [4.78, 5) is 17.0. The number of nitrogens with one attached hydrogen (secondary N) is 2. The van der Waals surface area contributed by atoms with Crippen LogP contribution in [0.1, 0.15) is 29.8 Å². The van der Waals surface area contributed by atoms with Gasteiger partial charge in [0, 0.05) is 25.8 Å². The Morgan fingerprint density at radius 1 is 1.35 bits per heavy atom. The van der Waals surface area contributed by atoms with Gasteiger partial charge in [0.1, 0.15) is 10.5 Å². The topological polar surface area (TPSA) is 57.4 Å². The molecule has 0 saturated carbocycles. The van der Waals surface area contributed by atoms with Crippen molar-refractivity contribution in [2.24, 2.45) is 0 Å². The maximum atomic E-state index is 14.6. The van der Waals surface area contributed by atoms with E-state index >= 15 is 0 Å². The predicted molar refractivity (Wildman–Crippen MR) is 101 cm³/mol. The molecule has 0 aliphatic carbocycles. The minimum absolute atomic E-state index is 0.0624. The number of hydrogen-bond donors (Lipinski definition) is 2. The zero-order chi connectivity index (χ0) is 18.7. The van der Waals surface area contributed by atoms with Crippen molar-refractivity contribution >= 4 is 23.8 Å². The molecule has 0 spiro atoms. The van der Waals surface area contributed by atoms with Gasteiger partial charge in [-0.05, 0) is 43.7 Å². The van der Waals surface area contributed by atoms with Gasteiger partial charge in [-0.2, -0.15) is 0 Å². The Labute approximate surface area is 157 Å². The summed E-state index contributed by atoms with van der Waals surface area (Å²) in [5.74, 6) is -0.581. The molecule has 2 aromatic rings. The van der Waals surface area contributed by atoms with E-state index in [1.807, 2.05) is 24.8 Å². The number of carbonyl (C=O) groups excluding carboxylic acids is 1. The van der Waals surface area contributed by atoms with Crippen molar-refractivity contribution in [2.45, 2.75) is 32.6 Å². The first kappa shape index (κ1) is 18.5. The number of halogens is 1. The van der Waals surface area contributed by atoms with Crippen LogP contribution in [0.3, 0.4) is 0 Å². The SMILES string of the molecule is C[C@@H]1CN(c2ccc(CNC(=O)c3ccc[nH]c3=S)cc2F)C[C@@H](C)O1. The lowest BCUT2D eigenvalue weighted by Gasteiger charge is -2.37. The summed E-state index contributed by atoms with van der Waals surface area (Å²) in [6.07, 6.45) is 1.79. The third-order valence-corrected chi connectivity index (χ3v) is 4.63. The number of nitrogens with zero attached hydrogens (tertiary/aromatic N) is 1. The van der Waals surface area contributed by atoms with E-state index in [1.165, 1.54) is 6.07 Å². The number of amides is 1. The molecule has 1 fully saturated rings. The van der Waals surface area contributed by atoms with Crippen LogP contribution in [0.25, 0.3) is 0 Å². The number of aromatic nitrogens is 1. The van der Waals surface area contributed by atoms with Crippen molar-refractivity contribution in [3.05, 3.63) is 58.1 Å². The maximum Gasteiger partial charge on any atom is 0.254 e. The predicted octanol–water partition coefficient (Wildman–Crippen LogP) is 3.43. The molecule has 1 aromatic heterocycles. The van der Waals surface area contributed by atoms with Gasteiger partial charge in [0.2, 0.25) is 0 Å². The molecule has 2 atom stereocenters. The Hall–Kier alpha value is -2.25. The van der Waals surface area contributed by atoms with Crippen molar-refractivity contribution in [3.63, 3.8) is 0 Å². The normalized spacial score (nSPS) is 20.0. The number of H-pyrrole nitrogens is 1. The first-order valence-corrected chi connectivity index (χ1v) is 8.99. The summed E-state index contributed by atoms with van der Waals surface area (Å²) < 4.78 is 20.7. The van der Waals surface area contributed by atoms with Crippen molar-refractivity contribution in [1.82, 2.24) is 10.3 Å². The minimum Gasteiger partial charge on any atom is -0.372 e. The van der Waals surface area contributed by atoms with Gasteiger partial charge in [0.05, 0.1) is 23.5 Å². The molecule has 3 rings (SSSR count). The molecule has 0 radical (unpaired) electrons. The molecule has 1 aliphatic rings. The highest BCUT2D eigenvalue weighted by molar-refractivity contribution is 7.71. The lowest BCUT2D eigenvalue weighted by atomic mass is 10.1. The quantitative estimate of drug-likeness (QED) is 0.804. The average Bonchev–Trinajstić information content (AvgIpc) is 2.59. The van der Waals surface area contributed by atoms with Crippen molar-refractivity contribution in [1.29, 1.82) is 0 Å². The highest BCUT2D eigenvalue weighted by atomic mass is 32.1. The third kappa shape index (κ3) is 4.28. The van der Waals surface area contributed by atoms with Crippen molar-refractivity contribution < 1.29 is 13.9 Å². The van der Waals surface area contributed by atoms with Crippen molar-refractivity contribution in [2.75, 3.05) is 18.0 Å². The molecule has 0 bridgehead atoms. The van der Waals surface area contributed by atoms with Crippen LogP contribution in [0.4, 0.5) is 10.1 Å². The standard InChI is InChI=1S/C19H22FN3O2S/c1-12-10-23(11-13(2)25-12)17-6-5-14(8-16(17)20)9-22-18(24)15-4-3-7-21-19(15)26/h3-8,12-13H,9-11H2,1-2H3,(H,21,26)(H,22,24)/t12-,13-/m1/s1. The molecule has 2 heterocycles. The van der Waals surface area contributed by atoms with Crippen LogP contribution < -0.4 is 10.2 Å². The van der Waals surface area contributed by atoms with Gasteiger partial charge in [-0.15, -0.1) is 0 Å². The van der Waals surface area contributed by atoms with Crippen LogP contribution in [0, 0.1) is 10.5 Å². The fraction of sp³-hybridized carbons (Fsp3) is 0.368. The average molecular weight is 375 g/mol. The fourth-order valence-corrected chi connectivity index (χ4v) is 3.40. The number of anilines is 1. The molecule has 0 unspecified atom stereocenters. The molecule has 1 amide bonds. The Balaban J connectivity index is 1.67. The summed E-state index contributed by atoms with van der Waals surface area (Å²) >= 11 is 5.10. The second kappa shape index (κ2) is 7.97. The largest absolute Gasteiger partial charge is 0.372 e. The second-order valence-electron chi connectivity index (χ2n) is 6.54. The first-order valence-electron chi connectivity index (χ1n) is 8.59. The highest BCUT2D eigenvalue weighted by Gasteiger charge is 2.24. The van der Waals surface area contributed by atoms with E-state index in [2.05, 4.69) is 10.3 Å². The first-order chi connectivity index (χ1) is 12.4. The number of carbonyl (C=O) groups is 1. The van der Waals surface area contributed by atoms with Crippen LogP contribution in [0.2, 0.25) is 0 Å². The Bertz CT molecular complexity index is 845. The van der Waals surface area contributed by atoms with Crippen LogP contribution in [0.15, 0.2) is 36.5 Å². The van der Waals surface area contributed by atoms with E-state index in [-0.39, 0.29) is 30.5 Å². The van der Waals surface area contributed by atoms with Gasteiger partial charge in [0.15, 0.2) is 0 Å². The number of hydrogen-bond acceptors (Lipinski definition) is 4. The van der Waals surface area contributed by atoms with E-state index in [9.17, 15) is 9.18 Å². The number of benzene rings is 1. The van der Waals surface area contributed by atoms with Gasteiger partial charge < -0.3 is 19.9 Å².